The van der Waals surface area contributed by atoms with Crippen LogP contribution in [0.2, 0.25) is 0 Å². The lowest BCUT2D eigenvalue weighted by Gasteiger charge is -2.08. The number of nitrogens with two attached hydrogens (primary N) is 1. The average molecular weight is 322 g/mol. The molecule has 0 aliphatic rings. The Morgan fingerprint density at radius 1 is 1.38 bits per heavy atom. The van der Waals surface area contributed by atoms with Crippen LogP contribution in [-0.4, -0.2) is 22.1 Å². The molecule has 0 fully saturated rings. The van der Waals surface area contributed by atoms with Crippen molar-refractivity contribution in [3.05, 3.63) is 35.9 Å². The molecule has 1 amide bonds. The Morgan fingerprint density at radius 2 is 2.14 bits per heavy atom. The average Bonchev–Trinajstić information content (AvgIpc) is 2.94. The van der Waals surface area contributed by atoms with E-state index >= 15 is 0 Å². The van der Waals surface area contributed by atoms with Crippen LogP contribution in [0.5, 0.6) is 0 Å². The zero-order valence-electron chi connectivity index (χ0n) is 11.8. The molecule has 3 N–H and O–H groups in total. The lowest BCUT2D eigenvalue weighted by molar-refractivity contribution is -0.117. The molecule has 1 aromatic carbocycles. The van der Waals surface area contributed by atoms with Crippen molar-refractivity contribution in [1.29, 1.82) is 0 Å². The fourth-order valence-corrected chi connectivity index (χ4v) is 3.39. The first kappa shape index (κ1) is 15.9. The van der Waals surface area contributed by atoms with Gasteiger partial charge < -0.3 is 5.73 Å². The predicted molar refractivity (Wildman–Crippen MR) is 87.4 cm³/mol. The first-order chi connectivity index (χ1) is 10.2. The number of aromatic nitrogens is 2. The number of carbonyl (C=O) groups is 1. The second-order valence-electron chi connectivity index (χ2n) is 4.53. The molecular formula is C14H18N4OS2. The molecule has 0 bridgehead atoms. The summed E-state index contributed by atoms with van der Waals surface area (Å²) in [6, 6.07) is 9.67. The second-order valence-corrected chi connectivity index (χ2v) is 6.73. The third kappa shape index (κ3) is 5.11. The Kier molecular flexibility index (Phi) is 6.16. The SMILES string of the molecule is CCCC(N)C(=O)Nc1nnc(SCc2ccccc2)s1. The van der Waals surface area contributed by atoms with E-state index in [1.807, 2.05) is 25.1 Å². The van der Waals surface area contributed by atoms with Gasteiger partial charge in [-0.1, -0.05) is 66.8 Å². The van der Waals surface area contributed by atoms with Crippen LogP contribution < -0.4 is 11.1 Å². The Hall–Kier alpha value is -1.44. The van der Waals surface area contributed by atoms with Crippen molar-refractivity contribution in [2.24, 2.45) is 5.73 Å². The summed E-state index contributed by atoms with van der Waals surface area (Å²) in [6.45, 7) is 2.00. The maximum Gasteiger partial charge on any atom is 0.243 e. The van der Waals surface area contributed by atoms with Gasteiger partial charge in [-0.25, -0.2) is 0 Å². The van der Waals surface area contributed by atoms with Gasteiger partial charge in [-0.05, 0) is 12.0 Å². The van der Waals surface area contributed by atoms with Crippen molar-refractivity contribution in [3.63, 3.8) is 0 Å². The van der Waals surface area contributed by atoms with Crippen LogP contribution in [0.3, 0.4) is 0 Å². The first-order valence-corrected chi connectivity index (χ1v) is 8.56. The largest absolute Gasteiger partial charge is 0.320 e. The molecule has 0 radical (unpaired) electrons. The van der Waals surface area contributed by atoms with Crippen molar-refractivity contribution in [3.8, 4) is 0 Å². The summed E-state index contributed by atoms with van der Waals surface area (Å²) in [4.78, 5) is 11.8. The molecule has 0 aliphatic carbocycles. The number of hydrogen-bond acceptors (Lipinski definition) is 6. The van der Waals surface area contributed by atoms with E-state index in [0.717, 1.165) is 16.5 Å². The van der Waals surface area contributed by atoms with Crippen molar-refractivity contribution in [2.75, 3.05) is 5.32 Å². The normalized spacial score (nSPS) is 12.1. The highest BCUT2D eigenvalue weighted by Gasteiger charge is 2.14. The number of carbonyl (C=O) groups excluding carboxylic acids is 1. The van der Waals surface area contributed by atoms with E-state index in [-0.39, 0.29) is 5.91 Å². The van der Waals surface area contributed by atoms with Gasteiger partial charge in [0.15, 0.2) is 4.34 Å². The molecule has 0 spiro atoms. The van der Waals surface area contributed by atoms with Crippen LogP contribution in [0.4, 0.5) is 5.13 Å². The standard InChI is InChI=1S/C14H18N4OS2/c1-2-6-11(15)12(19)16-13-17-18-14(21-13)20-9-10-7-4-3-5-8-10/h3-5,7-8,11H,2,6,9,15H2,1H3,(H,16,17,19). The molecule has 1 atom stereocenters. The van der Waals surface area contributed by atoms with Gasteiger partial charge in [0.25, 0.3) is 0 Å². The fourth-order valence-electron chi connectivity index (χ4n) is 1.68. The molecule has 0 aliphatic heterocycles. The summed E-state index contributed by atoms with van der Waals surface area (Å²) in [7, 11) is 0. The number of anilines is 1. The van der Waals surface area contributed by atoms with E-state index in [0.29, 0.717) is 11.6 Å². The maximum atomic E-state index is 11.8. The van der Waals surface area contributed by atoms with Crippen molar-refractivity contribution >= 4 is 34.1 Å². The van der Waals surface area contributed by atoms with E-state index in [9.17, 15) is 4.79 Å². The lowest BCUT2D eigenvalue weighted by Crippen LogP contribution is -2.35. The minimum atomic E-state index is -0.487. The molecule has 21 heavy (non-hydrogen) atoms. The molecule has 1 aromatic heterocycles. The van der Waals surface area contributed by atoms with Crippen LogP contribution in [-0.2, 0) is 10.5 Å². The lowest BCUT2D eigenvalue weighted by atomic mass is 10.2. The Labute approximate surface area is 132 Å². The van der Waals surface area contributed by atoms with E-state index in [1.165, 1.54) is 16.9 Å². The highest BCUT2D eigenvalue weighted by Crippen LogP contribution is 2.28. The predicted octanol–water partition coefficient (Wildman–Crippen LogP) is 2.90. The van der Waals surface area contributed by atoms with Crippen molar-refractivity contribution in [1.82, 2.24) is 10.2 Å². The zero-order chi connectivity index (χ0) is 15.1. The second kappa shape index (κ2) is 8.11. The van der Waals surface area contributed by atoms with Gasteiger partial charge in [0.1, 0.15) is 0 Å². The van der Waals surface area contributed by atoms with Crippen LogP contribution in [0, 0.1) is 0 Å². The summed E-state index contributed by atoms with van der Waals surface area (Å²) in [5.74, 6) is 0.631. The number of thioether (sulfide) groups is 1. The minimum Gasteiger partial charge on any atom is -0.320 e. The molecule has 7 heteroatoms. The van der Waals surface area contributed by atoms with Crippen LogP contribution in [0.25, 0.3) is 0 Å². The van der Waals surface area contributed by atoms with Gasteiger partial charge in [0.2, 0.25) is 11.0 Å². The van der Waals surface area contributed by atoms with E-state index in [1.54, 1.807) is 11.8 Å². The van der Waals surface area contributed by atoms with Crippen molar-refractivity contribution < 1.29 is 4.79 Å². The molecule has 1 unspecified atom stereocenters. The summed E-state index contributed by atoms with van der Waals surface area (Å²) in [5.41, 5.74) is 6.99. The Morgan fingerprint density at radius 3 is 2.86 bits per heavy atom. The summed E-state index contributed by atoms with van der Waals surface area (Å²) in [6.07, 6.45) is 1.54. The van der Waals surface area contributed by atoms with Gasteiger partial charge in [-0.3, -0.25) is 10.1 Å². The van der Waals surface area contributed by atoms with E-state index in [4.69, 9.17) is 5.73 Å². The summed E-state index contributed by atoms with van der Waals surface area (Å²) < 4.78 is 0.832. The molecule has 5 nitrogen and oxygen atoms in total. The number of nitrogens with zero attached hydrogens (tertiary/aromatic N) is 2. The summed E-state index contributed by atoms with van der Waals surface area (Å²) in [5, 5.41) is 11.3. The first-order valence-electron chi connectivity index (χ1n) is 6.75. The number of rotatable bonds is 7. The van der Waals surface area contributed by atoms with Gasteiger partial charge in [0.05, 0.1) is 6.04 Å². The highest BCUT2D eigenvalue weighted by atomic mass is 32.2. The number of hydrogen-bond donors (Lipinski definition) is 2. The van der Waals surface area contributed by atoms with Crippen LogP contribution in [0.15, 0.2) is 34.7 Å². The molecule has 2 rings (SSSR count). The molecule has 0 saturated carbocycles. The van der Waals surface area contributed by atoms with E-state index in [2.05, 4.69) is 27.6 Å². The molecule has 112 valence electrons. The minimum absolute atomic E-state index is 0.201. The number of amides is 1. The fraction of sp³-hybridized carbons (Fsp3) is 0.357. The Balaban J connectivity index is 1.85. The summed E-state index contributed by atoms with van der Waals surface area (Å²) >= 11 is 2.97. The maximum absolute atomic E-state index is 11.8. The highest BCUT2D eigenvalue weighted by molar-refractivity contribution is 8.00. The third-order valence-electron chi connectivity index (χ3n) is 2.78. The quantitative estimate of drug-likeness (QED) is 0.605. The topological polar surface area (TPSA) is 80.9 Å². The molecule has 1 heterocycles. The van der Waals surface area contributed by atoms with Crippen LogP contribution >= 0.6 is 23.1 Å². The van der Waals surface area contributed by atoms with Crippen molar-refractivity contribution in [2.45, 2.75) is 35.9 Å². The van der Waals surface area contributed by atoms with Gasteiger partial charge in [0, 0.05) is 5.75 Å². The third-order valence-corrected chi connectivity index (χ3v) is 4.82. The molecular weight excluding hydrogens is 304 g/mol. The smallest absolute Gasteiger partial charge is 0.243 e. The number of nitrogens with one attached hydrogen (secondary N) is 1. The van der Waals surface area contributed by atoms with Crippen LogP contribution in [0.1, 0.15) is 25.3 Å². The Bertz CT molecular complexity index is 573. The molecule has 0 saturated heterocycles. The van der Waals surface area contributed by atoms with Gasteiger partial charge in [-0.2, -0.15) is 0 Å². The monoisotopic (exact) mass is 322 g/mol. The van der Waals surface area contributed by atoms with E-state index < -0.39 is 6.04 Å². The van der Waals surface area contributed by atoms with Gasteiger partial charge in [-0.15, -0.1) is 10.2 Å². The molecule has 2 aromatic rings. The van der Waals surface area contributed by atoms with Gasteiger partial charge >= 0.3 is 0 Å². The number of benzene rings is 1. The zero-order valence-corrected chi connectivity index (χ0v) is 13.4.